The van der Waals surface area contributed by atoms with Gasteiger partial charge >= 0.3 is 5.97 Å². The van der Waals surface area contributed by atoms with Gasteiger partial charge in [0.2, 0.25) is 5.88 Å². The number of nitrogens with zero attached hydrogens (tertiary/aromatic N) is 3. The van der Waals surface area contributed by atoms with Crippen LogP contribution in [0, 0.1) is 11.3 Å². The highest BCUT2D eigenvalue weighted by molar-refractivity contribution is 6.37. The number of ether oxygens (including phenoxy) is 1. The highest BCUT2D eigenvalue weighted by Gasteiger charge is 2.17. The predicted molar refractivity (Wildman–Crippen MR) is 152 cm³/mol. The summed E-state index contributed by atoms with van der Waals surface area (Å²) in [7, 11) is 0. The summed E-state index contributed by atoms with van der Waals surface area (Å²) < 4.78 is 5.94. The molecule has 1 unspecified atom stereocenters. The van der Waals surface area contributed by atoms with Crippen molar-refractivity contribution >= 4 is 29.3 Å². The molecule has 11 heteroatoms. The first-order valence-corrected chi connectivity index (χ1v) is 12.9. The smallest absolute Gasteiger partial charge is 0.306 e. The van der Waals surface area contributed by atoms with Gasteiger partial charge in [0, 0.05) is 42.2 Å². The van der Waals surface area contributed by atoms with Crippen molar-refractivity contribution in [2.24, 2.45) is 0 Å². The van der Waals surface area contributed by atoms with Crippen LogP contribution in [0.25, 0.3) is 11.1 Å². The number of nitriles is 1. The summed E-state index contributed by atoms with van der Waals surface area (Å²) >= 11 is 6.62. The third-order valence-corrected chi connectivity index (χ3v) is 6.32. The lowest BCUT2D eigenvalue weighted by atomic mass is 10.0. The predicted octanol–water partition coefficient (Wildman–Crippen LogP) is 4.43. The molecule has 0 radical (unpaired) electrons. The van der Waals surface area contributed by atoms with Gasteiger partial charge in [-0.05, 0) is 29.8 Å². The molecule has 4 N–H and O–H groups in total. The van der Waals surface area contributed by atoms with Gasteiger partial charge in [0.1, 0.15) is 18.5 Å². The van der Waals surface area contributed by atoms with Crippen LogP contribution in [0.15, 0.2) is 79.1 Å². The Morgan fingerprint density at radius 1 is 1.07 bits per heavy atom. The minimum atomic E-state index is -1.10. The Balaban J connectivity index is 1.54. The third kappa shape index (κ3) is 8.09. The lowest BCUT2D eigenvalue weighted by Gasteiger charge is -2.15. The number of rotatable bonds is 12. The van der Waals surface area contributed by atoms with Gasteiger partial charge < -0.3 is 25.6 Å². The van der Waals surface area contributed by atoms with Gasteiger partial charge in [0.05, 0.1) is 28.7 Å². The van der Waals surface area contributed by atoms with Crippen LogP contribution < -0.4 is 15.4 Å². The maximum atomic E-state index is 13.2. The number of aromatic nitrogens is 2. The Hall–Kier alpha value is -4.82. The van der Waals surface area contributed by atoms with E-state index >= 15 is 0 Å². The zero-order valence-electron chi connectivity index (χ0n) is 21.8. The summed E-state index contributed by atoms with van der Waals surface area (Å²) in [6, 6.07) is 21.7. The fraction of sp³-hybridized carbons (Fsp3) is 0.167. The molecule has 0 aliphatic carbocycles. The molecule has 0 saturated heterocycles. The molecule has 0 saturated carbocycles. The molecule has 0 fully saturated rings. The van der Waals surface area contributed by atoms with E-state index in [1.54, 1.807) is 36.5 Å². The normalized spacial score (nSPS) is 11.3. The molecule has 1 amide bonds. The van der Waals surface area contributed by atoms with Crippen molar-refractivity contribution in [3.8, 4) is 23.1 Å². The van der Waals surface area contributed by atoms with Crippen molar-refractivity contribution in [2.75, 3.05) is 11.9 Å². The van der Waals surface area contributed by atoms with E-state index in [2.05, 4.69) is 20.6 Å². The number of halogens is 1. The average molecular weight is 572 g/mol. The molecule has 0 aliphatic rings. The number of hydrogen-bond donors (Lipinski definition) is 4. The Morgan fingerprint density at radius 2 is 1.88 bits per heavy atom. The van der Waals surface area contributed by atoms with Gasteiger partial charge in [-0.15, -0.1) is 0 Å². The molecule has 0 spiro atoms. The van der Waals surface area contributed by atoms with Crippen LogP contribution >= 0.6 is 11.6 Å². The van der Waals surface area contributed by atoms with E-state index in [1.165, 1.54) is 6.20 Å². The topological polar surface area (TPSA) is 157 Å². The van der Waals surface area contributed by atoms with Gasteiger partial charge in [0.15, 0.2) is 0 Å². The first kappa shape index (κ1) is 29.2. The molecule has 4 aromatic rings. The van der Waals surface area contributed by atoms with Gasteiger partial charge in [-0.1, -0.05) is 54.1 Å². The maximum Gasteiger partial charge on any atom is 0.306 e. The number of pyridine rings is 2. The summed E-state index contributed by atoms with van der Waals surface area (Å²) in [5.41, 5.74) is 3.48. The number of carbonyl (C=O) groups is 2. The van der Waals surface area contributed by atoms with Crippen LogP contribution in [0.1, 0.15) is 33.5 Å². The fourth-order valence-electron chi connectivity index (χ4n) is 3.96. The maximum absolute atomic E-state index is 13.2. The van der Waals surface area contributed by atoms with Crippen molar-refractivity contribution in [1.82, 2.24) is 15.3 Å². The molecule has 0 bridgehead atoms. The number of nitrogens with one attached hydrogen (secondary N) is 2. The number of carboxylic acid groups (broad SMARTS) is 1. The third-order valence-electron chi connectivity index (χ3n) is 5.91. The lowest BCUT2D eigenvalue weighted by Crippen LogP contribution is -2.28. The summed E-state index contributed by atoms with van der Waals surface area (Å²) in [5, 5.41) is 33.9. The highest BCUT2D eigenvalue weighted by atomic mass is 35.5. The number of carbonyl (C=O) groups excluding carboxylic acids is 1. The number of anilines is 1. The molecule has 2 heterocycles. The second-order valence-corrected chi connectivity index (χ2v) is 9.39. The van der Waals surface area contributed by atoms with Gasteiger partial charge in [-0.2, -0.15) is 10.2 Å². The molecule has 0 aliphatic heterocycles. The van der Waals surface area contributed by atoms with Crippen molar-refractivity contribution in [2.45, 2.75) is 25.7 Å². The number of carboxylic acids is 1. The van der Waals surface area contributed by atoms with Gasteiger partial charge in [-0.25, -0.2) is 0 Å². The first-order valence-electron chi connectivity index (χ1n) is 12.6. The minimum Gasteiger partial charge on any atom is -0.481 e. The summed E-state index contributed by atoms with van der Waals surface area (Å²) in [6.07, 6.45) is 1.54. The molecule has 41 heavy (non-hydrogen) atoms. The molecular formula is C30H26ClN5O5. The average Bonchev–Trinajstić information content (AvgIpc) is 2.97. The number of benzene rings is 2. The Labute approximate surface area is 241 Å². The van der Waals surface area contributed by atoms with Crippen LogP contribution in [0.3, 0.4) is 0 Å². The number of hydrogen-bond acceptors (Lipinski definition) is 8. The number of aliphatic hydroxyl groups is 1. The highest BCUT2D eigenvalue weighted by Crippen LogP contribution is 2.31. The molecule has 4 rings (SSSR count). The molecule has 2 aromatic heterocycles. The second kappa shape index (κ2) is 14.0. The van der Waals surface area contributed by atoms with E-state index in [0.29, 0.717) is 21.7 Å². The van der Waals surface area contributed by atoms with E-state index in [9.17, 15) is 14.7 Å². The zero-order valence-corrected chi connectivity index (χ0v) is 22.5. The Bertz CT molecular complexity index is 1580. The SMILES string of the molecule is N#Cc1cncc(COc2nc(NC(=O)c3cccc(-c4ccccc4)c3Cl)ccc2CNCC(O)CC(=O)O)c1. The van der Waals surface area contributed by atoms with Crippen LogP contribution in [0.4, 0.5) is 5.82 Å². The van der Waals surface area contributed by atoms with Crippen molar-refractivity contribution < 1.29 is 24.5 Å². The quantitative estimate of drug-likeness (QED) is 0.193. The monoisotopic (exact) mass is 571 g/mol. The fourth-order valence-corrected chi connectivity index (χ4v) is 4.28. The Kier molecular flexibility index (Phi) is 9.96. The van der Waals surface area contributed by atoms with Crippen LogP contribution in [-0.2, 0) is 17.9 Å². The van der Waals surface area contributed by atoms with Crippen LogP contribution in [-0.4, -0.2) is 44.7 Å². The molecule has 2 aromatic carbocycles. The molecular weight excluding hydrogens is 546 g/mol. The first-order chi connectivity index (χ1) is 19.8. The van der Waals surface area contributed by atoms with E-state index in [4.69, 9.17) is 26.7 Å². The minimum absolute atomic E-state index is 0.0363. The Morgan fingerprint density at radius 3 is 2.63 bits per heavy atom. The van der Waals surface area contributed by atoms with Crippen LogP contribution in [0.2, 0.25) is 5.02 Å². The van der Waals surface area contributed by atoms with Crippen LogP contribution in [0.5, 0.6) is 5.88 Å². The number of amides is 1. The summed E-state index contributed by atoms with van der Waals surface area (Å²) in [4.78, 5) is 32.5. The van der Waals surface area contributed by atoms with E-state index in [0.717, 1.165) is 11.1 Å². The second-order valence-electron chi connectivity index (χ2n) is 9.01. The largest absolute Gasteiger partial charge is 0.481 e. The summed E-state index contributed by atoms with van der Waals surface area (Å²) in [6.45, 7) is 0.287. The zero-order chi connectivity index (χ0) is 29.2. The molecule has 1 atom stereocenters. The van der Waals surface area contributed by atoms with E-state index in [1.807, 2.05) is 42.5 Å². The lowest BCUT2D eigenvalue weighted by molar-refractivity contribution is -0.139. The van der Waals surface area contributed by atoms with E-state index in [-0.39, 0.29) is 37.0 Å². The van der Waals surface area contributed by atoms with Gasteiger partial charge in [0.25, 0.3) is 5.91 Å². The van der Waals surface area contributed by atoms with Gasteiger partial charge in [-0.3, -0.25) is 14.6 Å². The van der Waals surface area contributed by atoms with Crippen molar-refractivity contribution in [3.63, 3.8) is 0 Å². The molecule has 10 nitrogen and oxygen atoms in total. The number of aliphatic carboxylic acids is 1. The van der Waals surface area contributed by atoms with E-state index < -0.39 is 24.4 Å². The van der Waals surface area contributed by atoms with Crippen molar-refractivity contribution in [3.05, 3.63) is 106 Å². The summed E-state index contributed by atoms with van der Waals surface area (Å²) in [5.74, 6) is -1.16. The number of aliphatic hydroxyl groups excluding tert-OH is 1. The standard InChI is InChI=1S/C30H26ClN5O5/c31-28-24(21-5-2-1-3-6-21)7-4-8-25(28)29(40)35-26-10-9-22(16-34-17-23(37)12-27(38)39)30(36-26)41-18-20-11-19(13-32)14-33-15-20/h1-11,14-15,23,34,37H,12,16-18H2,(H,38,39)(H,35,36,40). The van der Waals surface area contributed by atoms with Crippen molar-refractivity contribution in [1.29, 1.82) is 5.26 Å². The molecule has 208 valence electrons.